The second-order valence-electron chi connectivity index (χ2n) is 9.49. The van der Waals surface area contributed by atoms with Crippen LogP contribution in [0.2, 0.25) is 5.02 Å². The van der Waals surface area contributed by atoms with Gasteiger partial charge in [-0.25, -0.2) is 15.0 Å². The highest BCUT2D eigenvalue weighted by Crippen LogP contribution is 2.36. The van der Waals surface area contributed by atoms with Gasteiger partial charge in [-0.15, -0.1) is 13.2 Å². The number of aromatic nitrogens is 5. The molecule has 9 nitrogen and oxygen atoms in total. The van der Waals surface area contributed by atoms with E-state index in [1.807, 2.05) is 0 Å². The summed E-state index contributed by atoms with van der Waals surface area (Å²) in [6.07, 6.45) is -0.892. The Labute approximate surface area is 245 Å². The van der Waals surface area contributed by atoms with E-state index in [-0.39, 0.29) is 27.0 Å². The van der Waals surface area contributed by atoms with Crippen LogP contribution in [0.3, 0.4) is 0 Å². The Morgan fingerprint density at radius 3 is 2.47 bits per heavy atom. The molecule has 0 saturated carbocycles. The van der Waals surface area contributed by atoms with E-state index in [0.717, 1.165) is 6.07 Å². The minimum Gasteiger partial charge on any atom is -0.388 e. The molecule has 0 aliphatic rings. The molecule has 0 unspecified atom stereocenters. The summed E-state index contributed by atoms with van der Waals surface area (Å²) in [4.78, 5) is 42.1. The third kappa shape index (κ3) is 5.28. The molecule has 1 atom stereocenters. The van der Waals surface area contributed by atoms with Gasteiger partial charge < -0.3 is 15.0 Å². The zero-order valence-electron chi connectivity index (χ0n) is 22.2. The fraction of sp³-hybridized carbons (Fsp3) is 0.100. The summed E-state index contributed by atoms with van der Waals surface area (Å²) in [7, 11) is 0. The fourth-order valence-corrected chi connectivity index (χ4v) is 5.40. The molecule has 4 aromatic heterocycles. The Morgan fingerprint density at radius 1 is 0.953 bits per heavy atom. The first kappa shape index (κ1) is 27.9. The maximum Gasteiger partial charge on any atom is 0.574 e. The molecule has 13 heteroatoms. The van der Waals surface area contributed by atoms with Gasteiger partial charge in [0.2, 0.25) is 5.88 Å². The number of rotatable bonds is 6. The molecule has 6 rings (SSSR count). The van der Waals surface area contributed by atoms with Crippen LogP contribution >= 0.6 is 11.6 Å². The van der Waals surface area contributed by atoms with Gasteiger partial charge in [-0.2, -0.15) is 0 Å². The van der Waals surface area contributed by atoms with Crippen LogP contribution in [0.25, 0.3) is 38.6 Å². The topological polar surface area (TPSA) is 115 Å². The van der Waals surface area contributed by atoms with Crippen molar-refractivity contribution < 1.29 is 17.9 Å². The fourth-order valence-electron chi connectivity index (χ4n) is 4.99. The first-order chi connectivity index (χ1) is 20.6. The molecule has 6 aromatic rings. The summed E-state index contributed by atoms with van der Waals surface area (Å²) in [6.45, 7) is 1.78. The van der Waals surface area contributed by atoms with Crippen LogP contribution < -0.4 is 21.0 Å². The normalized spacial score (nSPS) is 12.4. The molecule has 0 aliphatic carbocycles. The number of para-hydroxylation sites is 1. The largest absolute Gasteiger partial charge is 0.574 e. The number of ether oxygens (including phenoxy) is 1. The van der Waals surface area contributed by atoms with Gasteiger partial charge in [-0.3, -0.25) is 14.2 Å². The van der Waals surface area contributed by atoms with Gasteiger partial charge in [0.1, 0.15) is 23.2 Å². The van der Waals surface area contributed by atoms with Gasteiger partial charge in [-0.1, -0.05) is 48.0 Å². The summed E-state index contributed by atoms with van der Waals surface area (Å²) in [5.41, 5.74) is 1.34. The molecule has 0 amide bonds. The minimum atomic E-state index is -4.89. The van der Waals surface area contributed by atoms with E-state index in [1.165, 1.54) is 35.4 Å². The average molecular weight is 605 g/mol. The van der Waals surface area contributed by atoms with Crippen LogP contribution in [0.5, 0.6) is 5.88 Å². The zero-order valence-corrected chi connectivity index (χ0v) is 22.9. The molecule has 0 radical (unpaired) electrons. The number of benzene rings is 2. The van der Waals surface area contributed by atoms with Crippen LogP contribution in [0.4, 0.5) is 19.0 Å². The first-order valence-corrected chi connectivity index (χ1v) is 13.2. The van der Waals surface area contributed by atoms with E-state index >= 15 is 0 Å². The summed E-state index contributed by atoms with van der Waals surface area (Å²) < 4.78 is 43.3. The molecule has 0 saturated heterocycles. The smallest absolute Gasteiger partial charge is 0.388 e. The Kier molecular flexibility index (Phi) is 7.06. The highest BCUT2D eigenvalue weighted by molar-refractivity contribution is 6.36. The second-order valence-corrected chi connectivity index (χ2v) is 9.87. The number of nitrogens with zero attached hydrogens (tertiary/aromatic N) is 4. The molecule has 0 aliphatic heterocycles. The van der Waals surface area contributed by atoms with Crippen LogP contribution in [-0.4, -0.2) is 30.9 Å². The number of anilines is 1. The summed E-state index contributed by atoms with van der Waals surface area (Å²) in [6, 6.07) is 17.1. The second kappa shape index (κ2) is 10.9. The summed E-state index contributed by atoms with van der Waals surface area (Å²) in [5.74, 6) is -0.377. The lowest BCUT2D eigenvalue weighted by atomic mass is 9.98. The predicted octanol–water partition coefficient (Wildman–Crippen LogP) is 6.41. The number of hydrogen-bond donors (Lipinski definition) is 2. The molecule has 2 aromatic carbocycles. The molecule has 216 valence electrons. The Hall–Kier alpha value is -5.23. The van der Waals surface area contributed by atoms with Crippen molar-refractivity contribution in [2.45, 2.75) is 19.3 Å². The van der Waals surface area contributed by atoms with Crippen molar-refractivity contribution in [1.82, 2.24) is 24.5 Å². The number of alkyl halides is 3. The number of halogens is 4. The van der Waals surface area contributed by atoms with Crippen LogP contribution in [0.1, 0.15) is 18.7 Å². The van der Waals surface area contributed by atoms with Gasteiger partial charge in [0, 0.05) is 41.2 Å². The quantitative estimate of drug-likeness (QED) is 0.226. The van der Waals surface area contributed by atoms with Crippen LogP contribution in [0, 0.1) is 0 Å². The Bertz CT molecular complexity index is 2090. The highest BCUT2D eigenvalue weighted by Gasteiger charge is 2.32. The van der Waals surface area contributed by atoms with Crippen LogP contribution in [0.15, 0.2) is 95.0 Å². The van der Waals surface area contributed by atoms with Gasteiger partial charge in [-0.05, 0) is 30.7 Å². The van der Waals surface area contributed by atoms with E-state index < -0.39 is 23.8 Å². The molecule has 0 bridgehead atoms. The number of nitrogens with one attached hydrogen (secondary N) is 2. The SMILES string of the molecule is C[C@H](Nc1ncnc2[nH]ccc(=O)c12)c1c(Cl)c2cccc(-c3ccc(OC(F)(F)F)nc3)c2c(=O)n1-c1ccccc1. The van der Waals surface area contributed by atoms with Crippen molar-refractivity contribution in [3.8, 4) is 22.7 Å². The lowest BCUT2D eigenvalue weighted by Crippen LogP contribution is -2.27. The lowest BCUT2D eigenvalue weighted by molar-refractivity contribution is -0.276. The van der Waals surface area contributed by atoms with Crippen molar-refractivity contribution in [1.29, 1.82) is 0 Å². The third-order valence-electron chi connectivity index (χ3n) is 6.78. The molecular formula is C30H20ClF3N6O3. The molecule has 0 fully saturated rings. The Balaban J connectivity index is 1.55. The lowest BCUT2D eigenvalue weighted by Gasteiger charge is -2.24. The van der Waals surface area contributed by atoms with Gasteiger partial charge >= 0.3 is 6.36 Å². The summed E-state index contributed by atoms with van der Waals surface area (Å²) >= 11 is 7.08. The van der Waals surface area contributed by atoms with Crippen molar-refractivity contribution in [2.24, 2.45) is 0 Å². The van der Waals surface area contributed by atoms with E-state index in [4.69, 9.17) is 11.6 Å². The number of hydrogen-bond acceptors (Lipinski definition) is 7. The van der Waals surface area contributed by atoms with Crippen LogP contribution in [-0.2, 0) is 0 Å². The monoisotopic (exact) mass is 604 g/mol. The molecule has 4 heterocycles. The standard InChI is InChI=1S/C30H20ClF3N6O3/c1-16(39-28-24-21(41)12-13-35-27(24)37-15-38-28)26-25(31)20-9-5-8-19(17-10-11-22(36-14-17)43-30(32,33)34)23(20)29(42)40(26)18-6-3-2-4-7-18/h2-16H,1H3,(H2,35,37,38,39,41)/t16-/m0/s1. The van der Waals surface area contributed by atoms with Crippen molar-refractivity contribution in [3.63, 3.8) is 0 Å². The van der Waals surface area contributed by atoms with E-state index in [9.17, 15) is 22.8 Å². The third-order valence-corrected chi connectivity index (χ3v) is 7.17. The molecule has 0 spiro atoms. The zero-order chi connectivity index (χ0) is 30.3. The molecular weight excluding hydrogens is 585 g/mol. The minimum absolute atomic E-state index is 0.238. The number of H-pyrrole nitrogens is 1. The van der Waals surface area contributed by atoms with Crippen molar-refractivity contribution in [2.75, 3.05) is 5.32 Å². The van der Waals surface area contributed by atoms with E-state index in [1.54, 1.807) is 55.5 Å². The van der Waals surface area contributed by atoms with Crippen molar-refractivity contribution in [3.05, 3.63) is 117 Å². The predicted molar refractivity (Wildman–Crippen MR) is 157 cm³/mol. The van der Waals surface area contributed by atoms with Gasteiger partial charge in [0.05, 0.1) is 22.1 Å². The average Bonchev–Trinajstić information content (AvgIpc) is 2.98. The number of fused-ring (bicyclic) bond motifs is 2. The van der Waals surface area contributed by atoms with Gasteiger partial charge in [0.15, 0.2) is 5.43 Å². The highest BCUT2D eigenvalue weighted by atomic mass is 35.5. The number of aromatic amines is 1. The summed E-state index contributed by atoms with van der Waals surface area (Å²) in [5, 5.41) is 4.37. The van der Waals surface area contributed by atoms with Gasteiger partial charge in [0.25, 0.3) is 5.56 Å². The number of pyridine rings is 3. The molecule has 2 N–H and O–H groups in total. The maximum atomic E-state index is 14.4. The first-order valence-electron chi connectivity index (χ1n) is 12.9. The maximum absolute atomic E-state index is 14.4. The molecule has 43 heavy (non-hydrogen) atoms. The van der Waals surface area contributed by atoms with E-state index in [0.29, 0.717) is 33.5 Å². The van der Waals surface area contributed by atoms with E-state index in [2.05, 4.69) is 30.0 Å². The Morgan fingerprint density at radius 2 is 1.74 bits per heavy atom. The van der Waals surface area contributed by atoms with Crippen molar-refractivity contribution >= 4 is 39.2 Å².